The standard InChI is InChI=1S/C22H25N5O/c1-17-7-9-20(10-8-17)27-16-21(24-25-27)22(28)23-12-4-13-26-14-11-18-5-2-3-6-19(18)15-26/h2-3,5-10,16H,4,11-15H2,1H3,(H,23,28). The first-order valence-corrected chi connectivity index (χ1v) is 9.76. The summed E-state index contributed by atoms with van der Waals surface area (Å²) in [5.41, 5.74) is 5.29. The summed E-state index contributed by atoms with van der Waals surface area (Å²) >= 11 is 0. The molecule has 1 N–H and O–H groups in total. The summed E-state index contributed by atoms with van der Waals surface area (Å²) in [4.78, 5) is 14.8. The smallest absolute Gasteiger partial charge is 0.273 e. The third kappa shape index (κ3) is 4.28. The van der Waals surface area contributed by atoms with Gasteiger partial charge in [0.05, 0.1) is 11.9 Å². The maximum absolute atomic E-state index is 12.3. The monoisotopic (exact) mass is 375 g/mol. The van der Waals surface area contributed by atoms with E-state index >= 15 is 0 Å². The summed E-state index contributed by atoms with van der Waals surface area (Å²) < 4.78 is 1.62. The Morgan fingerprint density at radius 1 is 1.11 bits per heavy atom. The van der Waals surface area contributed by atoms with Gasteiger partial charge in [0.15, 0.2) is 5.69 Å². The lowest BCUT2D eigenvalue weighted by molar-refractivity contribution is 0.0946. The highest BCUT2D eigenvalue weighted by atomic mass is 16.2. The van der Waals surface area contributed by atoms with E-state index in [1.165, 1.54) is 16.7 Å². The Bertz CT molecular complexity index is 948. The fourth-order valence-electron chi connectivity index (χ4n) is 3.53. The van der Waals surface area contributed by atoms with E-state index in [-0.39, 0.29) is 5.91 Å². The fourth-order valence-corrected chi connectivity index (χ4v) is 3.53. The lowest BCUT2D eigenvalue weighted by Crippen LogP contribution is -2.33. The Labute approximate surface area is 165 Å². The molecule has 1 aliphatic rings. The zero-order valence-electron chi connectivity index (χ0n) is 16.1. The van der Waals surface area contributed by atoms with E-state index in [4.69, 9.17) is 0 Å². The van der Waals surface area contributed by atoms with Crippen molar-refractivity contribution in [3.8, 4) is 5.69 Å². The largest absolute Gasteiger partial charge is 0.351 e. The molecule has 0 unspecified atom stereocenters. The fraction of sp³-hybridized carbons (Fsp3) is 0.318. The summed E-state index contributed by atoms with van der Waals surface area (Å²) in [6.07, 6.45) is 3.69. The van der Waals surface area contributed by atoms with Crippen molar-refractivity contribution in [1.29, 1.82) is 0 Å². The van der Waals surface area contributed by atoms with Gasteiger partial charge in [-0.1, -0.05) is 47.2 Å². The third-order valence-electron chi connectivity index (χ3n) is 5.17. The molecule has 0 atom stereocenters. The maximum atomic E-state index is 12.3. The molecule has 6 heteroatoms. The molecular formula is C22H25N5O. The van der Waals surface area contributed by atoms with E-state index in [1.807, 2.05) is 31.2 Å². The molecular weight excluding hydrogens is 350 g/mol. The summed E-state index contributed by atoms with van der Waals surface area (Å²) in [5, 5.41) is 11.0. The zero-order valence-corrected chi connectivity index (χ0v) is 16.1. The molecule has 0 saturated carbocycles. The SMILES string of the molecule is Cc1ccc(-n2cc(C(=O)NCCCN3CCc4ccccc4C3)nn2)cc1. The molecule has 1 amide bonds. The van der Waals surface area contributed by atoms with E-state index in [1.54, 1.807) is 10.9 Å². The van der Waals surface area contributed by atoms with Crippen LogP contribution in [0.4, 0.5) is 0 Å². The first kappa shape index (κ1) is 18.4. The molecule has 0 saturated heterocycles. The van der Waals surface area contributed by atoms with Gasteiger partial charge in [-0.15, -0.1) is 5.10 Å². The van der Waals surface area contributed by atoms with Crippen molar-refractivity contribution in [2.45, 2.75) is 26.3 Å². The molecule has 1 aromatic heterocycles. The molecule has 144 valence electrons. The number of carbonyl (C=O) groups excluding carboxylic acids is 1. The first-order valence-electron chi connectivity index (χ1n) is 9.76. The van der Waals surface area contributed by atoms with Gasteiger partial charge in [0, 0.05) is 26.2 Å². The quantitative estimate of drug-likeness (QED) is 0.673. The second-order valence-corrected chi connectivity index (χ2v) is 7.29. The molecule has 3 aromatic rings. The predicted octanol–water partition coefficient (Wildman–Crippen LogP) is 2.75. The minimum atomic E-state index is -0.178. The van der Waals surface area contributed by atoms with Gasteiger partial charge in [-0.25, -0.2) is 4.68 Å². The Balaban J connectivity index is 1.24. The van der Waals surface area contributed by atoms with Crippen LogP contribution in [0.3, 0.4) is 0 Å². The van der Waals surface area contributed by atoms with Crippen molar-refractivity contribution in [3.63, 3.8) is 0 Å². The Kier molecular flexibility index (Phi) is 5.48. The number of hydrogen-bond donors (Lipinski definition) is 1. The van der Waals surface area contributed by atoms with Crippen molar-refractivity contribution in [3.05, 3.63) is 77.1 Å². The summed E-state index contributed by atoms with van der Waals surface area (Å²) in [7, 11) is 0. The number of aromatic nitrogens is 3. The minimum Gasteiger partial charge on any atom is -0.351 e. The van der Waals surface area contributed by atoms with Gasteiger partial charge in [-0.05, 0) is 43.0 Å². The predicted molar refractivity (Wildman–Crippen MR) is 108 cm³/mol. The van der Waals surface area contributed by atoms with Gasteiger partial charge < -0.3 is 5.32 Å². The van der Waals surface area contributed by atoms with Crippen LogP contribution in [-0.2, 0) is 13.0 Å². The van der Waals surface area contributed by atoms with E-state index in [0.29, 0.717) is 12.2 Å². The Morgan fingerprint density at radius 3 is 2.71 bits per heavy atom. The number of aryl methyl sites for hydroxylation is 1. The highest BCUT2D eigenvalue weighted by Crippen LogP contribution is 2.18. The summed E-state index contributed by atoms with van der Waals surface area (Å²) in [6, 6.07) is 16.6. The topological polar surface area (TPSA) is 63.1 Å². The van der Waals surface area contributed by atoms with E-state index in [0.717, 1.165) is 38.2 Å². The summed E-state index contributed by atoms with van der Waals surface area (Å²) in [5.74, 6) is -0.178. The molecule has 6 nitrogen and oxygen atoms in total. The van der Waals surface area contributed by atoms with Crippen LogP contribution in [0.15, 0.2) is 54.7 Å². The normalized spacial score (nSPS) is 13.9. The average Bonchev–Trinajstić information content (AvgIpc) is 3.22. The van der Waals surface area contributed by atoms with Crippen molar-refractivity contribution in [2.24, 2.45) is 0 Å². The van der Waals surface area contributed by atoms with Crippen molar-refractivity contribution in [1.82, 2.24) is 25.2 Å². The number of benzene rings is 2. The van der Waals surface area contributed by atoms with Crippen molar-refractivity contribution >= 4 is 5.91 Å². The molecule has 0 bridgehead atoms. The van der Waals surface area contributed by atoms with Crippen molar-refractivity contribution < 1.29 is 4.79 Å². The van der Waals surface area contributed by atoms with Crippen LogP contribution in [0.5, 0.6) is 0 Å². The van der Waals surface area contributed by atoms with E-state index in [2.05, 4.69) is 44.8 Å². The van der Waals surface area contributed by atoms with Crippen LogP contribution in [0.2, 0.25) is 0 Å². The van der Waals surface area contributed by atoms with Crippen LogP contribution in [0.25, 0.3) is 5.69 Å². The molecule has 0 radical (unpaired) electrons. The Morgan fingerprint density at radius 2 is 1.89 bits per heavy atom. The number of carbonyl (C=O) groups is 1. The lowest BCUT2D eigenvalue weighted by atomic mass is 10.00. The highest BCUT2D eigenvalue weighted by Gasteiger charge is 2.15. The number of rotatable bonds is 6. The molecule has 28 heavy (non-hydrogen) atoms. The molecule has 2 heterocycles. The van der Waals surface area contributed by atoms with E-state index in [9.17, 15) is 4.79 Å². The molecule has 0 fully saturated rings. The van der Waals surface area contributed by atoms with E-state index < -0.39 is 0 Å². The van der Waals surface area contributed by atoms with Gasteiger partial charge in [0.2, 0.25) is 0 Å². The molecule has 4 rings (SSSR count). The number of nitrogens with one attached hydrogen (secondary N) is 1. The number of nitrogens with zero attached hydrogens (tertiary/aromatic N) is 4. The van der Waals surface area contributed by atoms with Crippen molar-refractivity contribution in [2.75, 3.05) is 19.6 Å². The van der Waals surface area contributed by atoms with Gasteiger partial charge in [-0.3, -0.25) is 9.69 Å². The van der Waals surface area contributed by atoms with Gasteiger partial charge in [0.1, 0.15) is 0 Å². The number of amides is 1. The third-order valence-corrected chi connectivity index (χ3v) is 5.17. The molecule has 2 aromatic carbocycles. The Hall–Kier alpha value is -2.99. The van der Waals surface area contributed by atoms with Crippen LogP contribution in [-0.4, -0.2) is 45.4 Å². The minimum absolute atomic E-state index is 0.178. The van der Waals surface area contributed by atoms with Crippen LogP contribution in [0.1, 0.15) is 33.6 Å². The summed E-state index contributed by atoms with van der Waals surface area (Å²) in [6.45, 7) is 5.72. The van der Waals surface area contributed by atoms with Crippen LogP contribution < -0.4 is 5.32 Å². The zero-order chi connectivity index (χ0) is 19.3. The van der Waals surface area contributed by atoms with Crippen LogP contribution >= 0.6 is 0 Å². The maximum Gasteiger partial charge on any atom is 0.273 e. The molecule has 0 spiro atoms. The van der Waals surface area contributed by atoms with Gasteiger partial charge in [0.25, 0.3) is 5.91 Å². The second kappa shape index (κ2) is 8.35. The lowest BCUT2D eigenvalue weighted by Gasteiger charge is -2.28. The second-order valence-electron chi connectivity index (χ2n) is 7.29. The van der Waals surface area contributed by atoms with Gasteiger partial charge in [-0.2, -0.15) is 0 Å². The van der Waals surface area contributed by atoms with Gasteiger partial charge >= 0.3 is 0 Å². The highest BCUT2D eigenvalue weighted by molar-refractivity contribution is 5.91. The number of hydrogen-bond acceptors (Lipinski definition) is 4. The molecule has 0 aliphatic carbocycles. The van der Waals surface area contributed by atoms with Crippen LogP contribution in [0, 0.1) is 6.92 Å². The number of fused-ring (bicyclic) bond motifs is 1. The molecule has 1 aliphatic heterocycles. The average molecular weight is 375 g/mol. The first-order chi connectivity index (χ1) is 13.7.